The van der Waals surface area contributed by atoms with E-state index in [-0.39, 0.29) is 0 Å². The Bertz CT molecular complexity index is 343. The van der Waals surface area contributed by atoms with E-state index in [1.807, 2.05) is 6.92 Å². The Labute approximate surface area is 87.3 Å². The topological polar surface area (TPSA) is 84.3 Å². The molecule has 0 radical (unpaired) electrons. The predicted molar refractivity (Wildman–Crippen MR) is 53.9 cm³/mol. The molecule has 0 aliphatic rings. The van der Waals surface area contributed by atoms with Crippen LogP contribution in [0.5, 0.6) is 5.88 Å². The van der Waals surface area contributed by atoms with Crippen molar-refractivity contribution in [3.05, 3.63) is 12.4 Å². The van der Waals surface area contributed by atoms with E-state index in [1.54, 1.807) is 6.07 Å². The lowest BCUT2D eigenvalue weighted by Crippen LogP contribution is -2.25. The molecular formula is C9H13N3O3. The summed E-state index contributed by atoms with van der Waals surface area (Å²) in [4.78, 5) is 18.3. The monoisotopic (exact) mass is 211 g/mol. The maximum absolute atomic E-state index is 10.6. The molecule has 0 unspecified atom stereocenters. The van der Waals surface area contributed by atoms with Crippen LogP contribution in [0.15, 0.2) is 12.4 Å². The first-order chi connectivity index (χ1) is 7.13. The zero-order valence-corrected chi connectivity index (χ0v) is 8.60. The number of aromatic nitrogens is 2. The van der Waals surface area contributed by atoms with E-state index >= 15 is 0 Å². The minimum absolute atomic E-state index is 0.424. The van der Waals surface area contributed by atoms with Crippen molar-refractivity contribution in [3.8, 4) is 5.88 Å². The SMILES string of the molecule is CCOc1cc(N[C@H](C)C(=O)O)ncn1. The molecule has 0 saturated heterocycles. The van der Waals surface area contributed by atoms with Crippen LogP contribution < -0.4 is 10.1 Å². The minimum atomic E-state index is -0.938. The summed E-state index contributed by atoms with van der Waals surface area (Å²) in [6, 6.07) is 0.859. The number of rotatable bonds is 5. The molecule has 1 aromatic heterocycles. The molecule has 82 valence electrons. The summed E-state index contributed by atoms with van der Waals surface area (Å²) in [5.41, 5.74) is 0. The van der Waals surface area contributed by atoms with Gasteiger partial charge in [-0.15, -0.1) is 0 Å². The Morgan fingerprint density at radius 1 is 1.67 bits per heavy atom. The molecule has 0 aromatic carbocycles. The van der Waals surface area contributed by atoms with Crippen molar-refractivity contribution in [1.82, 2.24) is 9.97 Å². The lowest BCUT2D eigenvalue weighted by molar-refractivity contribution is -0.137. The summed E-state index contributed by atoms with van der Waals surface area (Å²) in [6.45, 7) is 3.88. The van der Waals surface area contributed by atoms with Gasteiger partial charge in [0, 0.05) is 6.07 Å². The number of hydrogen-bond donors (Lipinski definition) is 2. The van der Waals surface area contributed by atoms with E-state index in [1.165, 1.54) is 13.3 Å². The molecule has 15 heavy (non-hydrogen) atoms. The first-order valence-corrected chi connectivity index (χ1v) is 4.57. The van der Waals surface area contributed by atoms with E-state index in [4.69, 9.17) is 9.84 Å². The molecular weight excluding hydrogens is 198 g/mol. The van der Waals surface area contributed by atoms with Crippen molar-refractivity contribution in [2.45, 2.75) is 19.9 Å². The second kappa shape index (κ2) is 5.14. The summed E-state index contributed by atoms with van der Waals surface area (Å²) in [7, 11) is 0. The van der Waals surface area contributed by atoms with Crippen LogP contribution in [0.1, 0.15) is 13.8 Å². The number of nitrogens with one attached hydrogen (secondary N) is 1. The highest BCUT2D eigenvalue weighted by atomic mass is 16.5. The van der Waals surface area contributed by atoms with Gasteiger partial charge >= 0.3 is 5.97 Å². The van der Waals surface area contributed by atoms with E-state index in [2.05, 4.69) is 15.3 Å². The molecule has 0 spiro atoms. The van der Waals surface area contributed by atoms with Gasteiger partial charge in [-0.25, -0.2) is 9.97 Å². The van der Waals surface area contributed by atoms with Gasteiger partial charge in [-0.2, -0.15) is 0 Å². The molecule has 0 fully saturated rings. The number of carboxylic acid groups (broad SMARTS) is 1. The maximum atomic E-state index is 10.6. The summed E-state index contributed by atoms with van der Waals surface area (Å²) in [5, 5.41) is 11.4. The number of anilines is 1. The lowest BCUT2D eigenvalue weighted by Gasteiger charge is -2.10. The number of carboxylic acids is 1. The van der Waals surface area contributed by atoms with Gasteiger partial charge in [-0.05, 0) is 13.8 Å². The molecule has 2 N–H and O–H groups in total. The third-order valence-electron chi connectivity index (χ3n) is 1.67. The Morgan fingerprint density at radius 3 is 3.00 bits per heavy atom. The average Bonchev–Trinajstić information content (AvgIpc) is 2.18. The normalized spacial score (nSPS) is 11.9. The molecule has 1 heterocycles. The van der Waals surface area contributed by atoms with Gasteiger partial charge < -0.3 is 15.2 Å². The van der Waals surface area contributed by atoms with Gasteiger partial charge in [-0.3, -0.25) is 4.79 Å². The number of aliphatic carboxylic acids is 1. The third kappa shape index (κ3) is 3.41. The van der Waals surface area contributed by atoms with Crippen LogP contribution in [0.25, 0.3) is 0 Å². The smallest absolute Gasteiger partial charge is 0.325 e. The summed E-state index contributed by atoms with van der Waals surface area (Å²) < 4.78 is 5.15. The van der Waals surface area contributed by atoms with Crippen molar-refractivity contribution < 1.29 is 14.6 Å². The van der Waals surface area contributed by atoms with Gasteiger partial charge in [-0.1, -0.05) is 0 Å². The fraction of sp³-hybridized carbons (Fsp3) is 0.444. The van der Waals surface area contributed by atoms with Crippen molar-refractivity contribution >= 4 is 11.8 Å². The number of carbonyl (C=O) groups is 1. The number of nitrogens with zero attached hydrogens (tertiary/aromatic N) is 2. The molecule has 1 rings (SSSR count). The quantitative estimate of drug-likeness (QED) is 0.748. The van der Waals surface area contributed by atoms with Crippen LogP contribution >= 0.6 is 0 Å². The van der Waals surface area contributed by atoms with Crippen LogP contribution in [0, 0.1) is 0 Å². The van der Waals surface area contributed by atoms with Crippen LogP contribution in [-0.2, 0) is 4.79 Å². The van der Waals surface area contributed by atoms with Gasteiger partial charge in [0.05, 0.1) is 6.61 Å². The fourth-order valence-corrected chi connectivity index (χ4v) is 0.929. The zero-order valence-electron chi connectivity index (χ0n) is 8.60. The van der Waals surface area contributed by atoms with Crippen molar-refractivity contribution in [2.75, 3.05) is 11.9 Å². The molecule has 0 aliphatic carbocycles. The first-order valence-electron chi connectivity index (χ1n) is 4.57. The second-order valence-corrected chi connectivity index (χ2v) is 2.88. The molecule has 0 amide bonds. The minimum Gasteiger partial charge on any atom is -0.480 e. The molecule has 1 atom stereocenters. The number of ether oxygens (including phenoxy) is 1. The summed E-state index contributed by atoms with van der Waals surface area (Å²) in [6.07, 6.45) is 1.32. The molecule has 6 heteroatoms. The molecule has 6 nitrogen and oxygen atoms in total. The fourth-order valence-electron chi connectivity index (χ4n) is 0.929. The van der Waals surface area contributed by atoms with Crippen LogP contribution in [0.3, 0.4) is 0 Å². The van der Waals surface area contributed by atoms with Crippen molar-refractivity contribution in [3.63, 3.8) is 0 Å². The van der Waals surface area contributed by atoms with E-state index in [0.717, 1.165) is 0 Å². The molecule has 0 bridgehead atoms. The zero-order chi connectivity index (χ0) is 11.3. The van der Waals surface area contributed by atoms with Crippen LogP contribution in [0.2, 0.25) is 0 Å². The van der Waals surface area contributed by atoms with Gasteiger partial charge in [0.25, 0.3) is 0 Å². The van der Waals surface area contributed by atoms with Crippen molar-refractivity contribution in [1.29, 1.82) is 0 Å². The van der Waals surface area contributed by atoms with E-state index < -0.39 is 12.0 Å². The number of hydrogen-bond acceptors (Lipinski definition) is 5. The first kappa shape index (κ1) is 11.2. The Balaban J connectivity index is 2.68. The average molecular weight is 211 g/mol. The van der Waals surface area contributed by atoms with E-state index in [0.29, 0.717) is 18.3 Å². The molecule has 0 aliphatic heterocycles. The highest BCUT2D eigenvalue weighted by molar-refractivity contribution is 5.76. The second-order valence-electron chi connectivity index (χ2n) is 2.88. The van der Waals surface area contributed by atoms with E-state index in [9.17, 15) is 4.79 Å². The molecule has 0 saturated carbocycles. The highest BCUT2D eigenvalue weighted by Gasteiger charge is 2.11. The Hall–Kier alpha value is -1.85. The van der Waals surface area contributed by atoms with Crippen LogP contribution in [0.4, 0.5) is 5.82 Å². The summed E-state index contributed by atoms with van der Waals surface area (Å²) in [5.74, 6) is -0.0810. The van der Waals surface area contributed by atoms with Gasteiger partial charge in [0.2, 0.25) is 5.88 Å². The third-order valence-corrected chi connectivity index (χ3v) is 1.67. The Morgan fingerprint density at radius 2 is 2.40 bits per heavy atom. The highest BCUT2D eigenvalue weighted by Crippen LogP contribution is 2.11. The van der Waals surface area contributed by atoms with Crippen molar-refractivity contribution in [2.24, 2.45) is 0 Å². The maximum Gasteiger partial charge on any atom is 0.325 e. The molecule has 1 aromatic rings. The van der Waals surface area contributed by atoms with Crippen LogP contribution in [-0.4, -0.2) is 33.7 Å². The Kier molecular flexibility index (Phi) is 3.84. The van der Waals surface area contributed by atoms with Gasteiger partial charge in [0.15, 0.2) is 0 Å². The predicted octanol–water partition coefficient (Wildman–Crippen LogP) is 0.760. The standard InChI is InChI=1S/C9H13N3O3/c1-3-15-8-4-7(10-5-11-8)12-6(2)9(13)14/h4-6H,3H2,1-2H3,(H,13,14)(H,10,11,12)/t6-/m1/s1. The van der Waals surface area contributed by atoms with Gasteiger partial charge in [0.1, 0.15) is 18.2 Å². The summed E-state index contributed by atoms with van der Waals surface area (Å²) >= 11 is 0. The largest absolute Gasteiger partial charge is 0.480 e. The lowest BCUT2D eigenvalue weighted by atomic mass is 10.3.